The Morgan fingerprint density at radius 3 is 1.00 bits per heavy atom. The average molecular weight is 586 g/mol. The Morgan fingerprint density at radius 2 is 0.828 bits per heavy atom. The summed E-state index contributed by atoms with van der Waals surface area (Å²) in [4.78, 5) is 0. The van der Waals surface area contributed by atoms with E-state index < -0.39 is 54.8 Å². The Balaban J connectivity index is -0.00000338. The van der Waals surface area contributed by atoms with Crippen molar-refractivity contribution in [3.8, 4) is 0 Å². The largest absolute Gasteiger partial charge is 0.451 e. The fourth-order valence-corrected chi connectivity index (χ4v) is 1.52. The summed E-state index contributed by atoms with van der Waals surface area (Å²) < 4.78 is 101. The van der Waals surface area contributed by atoms with Gasteiger partial charge in [0.15, 0.2) is 0 Å². The second kappa shape index (κ2) is 13.4. The number of rotatable bonds is 12. The summed E-state index contributed by atoms with van der Waals surface area (Å²) in [6.07, 6.45) is -4.82. The molecular weight excluding hydrogens is 560 g/mol. The van der Waals surface area contributed by atoms with Gasteiger partial charge in [-0.3, -0.25) is 0 Å². The third-order valence-corrected chi connectivity index (χ3v) is 3.92. The van der Waals surface area contributed by atoms with E-state index in [4.69, 9.17) is 18.9 Å². The van der Waals surface area contributed by atoms with Gasteiger partial charge >= 0.3 is 0 Å². The van der Waals surface area contributed by atoms with E-state index in [9.17, 15) is 26.3 Å². The molecule has 0 aliphatic carbocycles. The maximum atomic E-state index is 14.1. The van der Waals surface area contributed by atoms with Gasteiger partial charge in [-0.15, -0.1) is 12.3 Å². The molecular formula is C17H26F6O4Y2-4. The van der Waals surface area contributed by atoms with E-state index in [2.05, 4.69) is 0 Å². The second-order valence-electron chi connectivity index (χ2n) is 6.47. The number of hydrogen-bond donors (Lipinski definition) is 0. The van der Waals surface area contributed by atoms with Gasteiger partial charge in [0.25, 0.3) is 0 Å². The molecule has 0 aliphatic rings. The molecule has 2 radical (unpaired) electrons. The molecule has 0 aliphatic heterocycles. The molecule has 170 valence electrons. The van der Waals surface area contributed by atoms with Crippen molar-refractivity contribution in [1.82, 2.24) is 0 Å². The molecule has 4 atom stereocenters. The molecule has 0 aromatic rings. The van der Waals surface area contributed by atoms with Gasteiger partial charge in [-0.05, 0) is 27.7 Å². The van der Waals surface area contributed by atoms with Crippen LogP contribution in [0.1, 0.15) is 55.4 Å². The van der Waals surface area contributed by atoms with Crippen LogP contribution < -0.4 is 0 Å². The zero-order chi connectivity index (χ0) is 21.8. The predicted molar refractivity (Wildman–Crippen MR) is 85.1 cm³/mol. The Kier molecular flexibility index (Phi) is 16.2. The van der Waals surface area contributed by atoms with Crippen LogP contribution in [0.15, 0.2) is 0 Å². The van der Waals surface area contributed by atoms with Crippen LogP contribution in [0.3, 0.4) is 0 Å². The molecule has 12 heteroatoms. The average Bonchev–Trinajstić information content (AvgIpc) is 2.45. The van der Waals surface area contributed by atoms with Crippen LogP contribution in [0.25, 0.3) is 0 Å². The van der Waals surface area contributed by atoms with Gasteiger partial charge in [-0.1, -0.05) is 12.3 Å². The minimum Gasteiger partial charge on any atom is -0.451 e. The maximum absolute atomic E-state index is 14.1. The smallest absolute Gasteiger partial charge is 0.147 e. The van der Waals surface area contributed by atoms with E-state index in [1.807, 2.05) is 0 Å². The molecule has 0 aromatic heterocycles. The number of ether oxygens (including phenoxy) is 4. The van der Waals surface area contributed by atoms with Crippen molar-refractivity contribution in [1.29, 1.82) is 0 Å². The summed E-state index contributed by atoms with van der Waals surface area (Å²) >= 11 is 0. The van der Waals surface area contributed by atoms with E-state index >= 15 is 0 Å². The quantitative estimate of drug-likeness (QED) is 0.162. The van der Waals surface area contributed by atoms with Gasteiger partial charge in [-0.25, -0.2) is 8.78 Å². The molecule has 0 rings (SSSR count). The third-order valence-electron chi connectivity index (χ3n) is 3.92. The second-order valence-corrected chi connectivity index (χ2v) is 6.47. The van der Waals surface area contributed by atoms with E-state index in [1.165, 1.54) is 0 Å². The van der Waals surface area contributed by atoms with Crippen LogP contribution >= 0.6 is 0 Å². The van der Waals surface area contributed by atoms with E-state index in [-0.39, 0.29) is 65.4 Å². The van der Waals surface area contributed by atoms with Crippen LogP contribution in [0, 0.1) is 24.7 Å². The predicted octanol–water partition coefficient (Wildman–Crippen LogP) is 5.89. The number of halogens is 6. The van der Waals surface area contributed by atoms with Gasteiger partial charge in [0.1, 0.15) is 18.5 Å². The van der Waals surface area contributed by atoms with Gasteiger partial charge in [0, 0.05) is 65.4 Å². The minimum absolute atomic E-state index is 0. The first-order valence-corrected chi connectivity index (χ1v) is 7.94. The molecule has 4 unspecified atom stereocenters. The molecule has 0 N–H and O–H groups in total. The van der Waals surface area contributed by atoms with Crippen molar-refractivity contribution < 1.29 is 111 Å². The Hall–Kier alpha value is 1.63. The Bertz CT molecular complexity index is 429. The van der Waals surface area contributed by atoms with Crippen LogP contribution in [-0.4, -0.2) is 30.1 Å². The van der Waals surface area contributed by atoms with Gasteiger partial charge in [0.2, 0.25) is 0 Å². The minimum atomic E-state index is -3.00. The molecule has 29 heavy (non-hydrogen) atoms. The van der Waals surface area contributed by atoms with Crippen molar-refractivity contribution in [2.24, 2.45) is 0 Å². The molecule has 4 nitrogen and oxygen atoms in total. The molecule has 0 spiro atoms. The van der Waals surface area contributed by atoms with Crippen molar-refractivity contribution in [2.45, 2.75) is 78.7 Å². The van der Waals surface area contributed by atoms with Gasteiger partial charge in [-0.2, -0.15) is 27.7 Å². The van der Waals surface area contributed by atoms with Gasteiger partial charge < -0.3 is 36.5 Å². The van der Waals surface area contributed by atoms with Gasteiger partial charge in [0.05, 0.1) is 11.6 Å². The zero-order valence-electron chi connectivity index (χ0n) is 17.8. The molecule has 0 amide bonds. The fraction of sp³-hybridized carbons (Fsp3) is 0.765. The summed E-state index contributed by atoms with van der Waals surface area (Å²) in [6, 6.07) is 0. The Labute approximate surface area is 219 Å². The first-order valence-electron chi connectivity index (χ1n) is 7.94. The number of alkyl halides is 2. The van der Waals surface area contributed by atoms with Crippen molar-refractivity contribution in [3.05, 3.63) is 24.7 Å². The first kappa shape index (κ1) is 35.2. The van der Waals surface area contributed by atoms with Crippen molar-refractivity contribution >= 4 is 0 Å². The number of hydrogen-bond acceptors (Lipinski definition) is 4. The molecule has 0 saturated heterocycles. The fourth-order valence-electron chi connectivity index (χ4n) is 1.52. The summed E-state index contributed by atoms with van der Waals surface area (Å²) in [7, 11) is 0. The molecule has 0 saturated carbocycles. The van der Waals surface area contributed by atoms with Crippen LogP contribution in [0.5, 0.6) is 0 Å². The molecule has 0 fully saturated rings. The molecule has 0 heterocycles. The van der Waals surface area contributed by atoms with Crippen LogP contribution in [0.2, 0.25) is 0 Å². The molecule has 0 aromatic carbocycles. The van der Waals surface area contributed by atoms with Crippen molar-refractivity contribution in [2.75, 3.05) is 6.79 Å². The topological polar surface area (TPSA) is 36.9 Å². The monoisotopic (exact) mass is 586 g/mol. The maximum Gasteiger partial charge on any atom is 0.147 e. The summed E-state index contributed by atoms with van der Waals surface area (Å²) in [6.45, 7) is 5.51. The van der Waals surface area contributed by atoms with E-state index in [0.29, 0.717) is 13.8 Å². The molecule has 0 bridgehead atoms. The van der Waals surface area contributed by atoms with Crippen molar-refractivity contribution in [3.63, 3.8) is 0 Å². The third kappa shape index (κ3) is 10.9. The van der Waals surface area contributed by atoms with E-state index in [0.717, 1.165) is 41.5 Å². The summed E-state index contributed by atoms with van der Waals surface area (Å²) in [5.74, 6) is -10.9. The van der Waals surface area contributed by atoms with E-state index in [1.54, 1.807) is 0 Å². The Morgan fingerprint density at radius 1 is 0.586 bits per heavy atom. The summed E-state index contributed by atoms with van der Waals surface area (Å²) in [5.41, 5.74) is 0. The zero-order valence-corrected chi connectivity index (χ0v) is 23.4. The SMILES string of the molecule is C[C-](F)C(C)(F)OC(C)(OCOC(C)(OC(C)(F)[C-](C)F)[C-](C)F)[C-](C)F.[Y].[Y]. The first-order chi connectivity index (χ1) is 11.9. The normalized spacial score (nSPS) is 20.5. The van der Waals surface area contributed by atoms with Crippen LogP contribution in [0.4, 0.5) is 26.3 Å². The van der Waals surface area contributed by atoms with Crippen LogP contribution in [-0.2, 0) is 84.4 Å². The summed E-state index contributed by atoms with van der Waals surface area (Å²) in [5, 5.41) is 0. The standard InChI is InChI=1S/C17H26F6O4.2Y/c1-10(18)14(5,22)26-16(7,12(3)20)24-9-25-17(8,13(4)21)27-15(6,23)11(2)19;;/h9H2,1-8H3;;/q-4;;.